The first-order valence-corrected chi connectivity index (χ1v) is 12.4. The average molecular weight is 545 g/mol. The van der Waals surface area contributed by atoms with Crippen molar-refractivity contribution >= 4 is 24.1 Å². The Morgan fingerprint density at radius 1 is 0.718 bits per heavy atom. The van der Waals surface area contributed by atoms with Gasteiger partial charge in [-0.2, -0.15) is 0 Å². The maximum absolute atomic E-state index is 11.6. The smallest absolute Gasteiger partial charge is 0.407 e. The highest BCUT2D eigenvalue weighted by molar-refractivity contribution is 5.89. The minimum atomic E-state index is -0.963. The monoisotopic (exact) mass is 544 g/mol. The SMILES string of the molecule is COC(=O)c1ccc(CNC(=O)OC(C)(C)C)c(C)c1.Cc1cc(C(=O)O)ccc1CNC(=O)OC(C)(C)C. The summed E-state index contributed by atoms with van der Waals surface area (Å²) >= 11 is 0. The maximum Gasteiger partial charge on any atom is 0.407 e. The third-order valence-electron chi connectivity index (χ3n) is 5.00. The molecular weight excluding hydrogens is 504 g/mol. The Balaban J connectivity index is 0.000000391. The zero-order valence-electron chi connectivity index (χ0n) is 24.2. The molecule has 0 unspecified atom stereocenters. The molecule has 10 nitrogen and oxygen atoms in total. The number of aromatic carboxylic acids is 1. The van der Waals surface area contributed by atoms with E-state index in [1.165, 1.54) is 13.2 Å². The van der Waals surface area contributed by atoms with E-state index in [1.807, 2.05) is 27.7 Å². The van der Waals surface area contributed by atoms with Gasteiger partial charge in [-0.15, -0.1) is 0 Å². The fraction of sp³-hybridized carbons (Fsp3) is 0.448. The molecule has 2 aromatic rings. The highest BCUT2D eigenvalue weighted by atomic mass is 16.6. The molecule has 0 aromatic heterocycles. The van der Waals surface area contributed by atoms with E-state index in [1.54, 1.807) is 58.0 Å². The number of methoxy groups -OCH3 is 1. The molecular formula is C29H40N2O8. The van der Waals surface area contributed by atoms with Gasteiger partial charge in [0.1, 0.15) is 11.2 Å². The van der Waals surface area contributed by atoms with Crippen molar-refractivity contribution in [2.24, 2.45) is 0 Å². The molecule has 0 saturated heterocycles. The summed E-state index contributed by atoms with van der Waals surface area (Å²) in [5.74, 6) is -1.34. The van der Waals surface area contributed by atoms with E-state index < -0.39 is 29.4 Å². The number of esters is 1. The van der Waals surface area contributed by atoms with Crippen LogP contribution >= 0.6 is 0 Å². The number of aryl methyl sites for hydroxylation is 2. The van der Waals surface area contributed by atoms with Gasteiger partial charge in [-0.25, -0.2) is 19.2 Å². The first-order valence-electron chi connectivity index (χ1n) is 12.4. The van der Waals surface area contributed by atoms with E-state index >= 15 is 0 Å². The first-order chi connectivity index (χ1) is 17.9. The van der Waals surface area contributed by atoms with E-state index in [9.17, 15) is 19.2 Å². The minimum absolute atomic E-state index is 0.235. The largest absolute Gasteiger partial charge is 0.478 e. The number of carboxylic acid groups (broad SMARTS) is 1. The number of benzene rings is 2. The number of nitrogens with one attached hydrogen (secondary N) is 2. The third-order valence-corrected chi connectivity index (χ3v) is 5.00. The van der Waals surface area contributed by atoms with Gasteiger partial charge in [0.05, 0.1) is 18.2 Å². The van der Waals surface area contributed by atoms with Crippen molar-refractivity contribution in [2.45, 2.75) is 79.7 Å². The van der Waals surface area contributed by atoms with Gasteiger partial charge in [0.15, 0.2) is 0 Å². The summed E-state index contributed by atoms with van der Waals surface area (Å²) in [6.45, 7) is 15.1. The number of amides is 2. The summed E-state index contributed by atoms with van der Waals surface area (Å²) < 4.78 is 14.9. The Morgan fingerprint density at radius 3 is 1.44 bits per heavy atom. The maximum atomic E-state index is 11.6. The van der Waals surface area contributed by atoms with Gasteiger partial charge in [0.25, 0.3) is 0 Å². The number of carbonyl (C=O) groups excluding carboxylic acids is 3. The highest BCUT2D eigenvalue weighted by Crippen LogP contribution is 2.14. The lowest BCUT2D eigenvalue weighted by atomic mass is 10.1. The van der Waals surface area contributed by atoms with Crippen LogP contribution in [0.1, 0.15) is 84.5 Å². The van der Waals surface area contributed by atoms with Gasteiger partial charge < -0.3 is 30.0 Å². The lowest BCUT2D eigenvalue weighted by Crippen LogP contribution is -2.32. The minimum Gasteiger partial charge on any atom is -0.478 e. The predicted octanol–water partition coefficient (Wildman–Crippen LogP) is 5.52. The van der Waals surface area contributed by atoms with Crippen LogP contribution in [-0.4, -0.2) is 47.5 Å². The first kappa shape index (κ1) is 32.9. The normalized spacial score (nSPS) is 10.9. The number of alkyl carbamates (subject to hydrolysis) is 2. The molecule has 0 radical (unpaired) electrons. The molecule has 39 heavy (non-hydrogen) atoms. The van der Waals surface area contributed by atoms with Crippen LogP contribution in [0.3, 0.4) is 0 Å². The lowest BCUT2D eigenvalue weighted by Gasteiger charge is -2.20. The second-order valence-electron chi connectivity index (χ2n) is 10.8. The van der Waals surface area contributed by atoms with Gasteiger partial charge in [-0.3, -0.25) is 0 Å². The van der Waals surface area contributed by atoms with Crippen molar-refractivity contribution in [3.8, 4) is 0 Å². The molecule has 2 aromatic carbocycles. The standard InChI is InChI=1S/C15H21NO4.C14H19NO4/c1-10-8-11(13(17)19-5)6-7-12(10)9-16-14(18)20-15(2,3)4;1-9-7-10(12(16)17)5-6-11(9)8-15-13(18)19-14(2,3)4/h6-8H,9H2,1-5H3,(H,16,18);5-7H,8H2,1-4H3,(H,15,18)(H,16,17). The molecule has 10 heteroatoms. The molecule has 2 amide bonds. The molecule has 3 N–H and O–H groups in total. The molecule has 0 aliphatic heterocycles. The van der Waals surface area contributed by atoms with E-state index in [0.717, 1.165) is 22.3 Å². The van der Waals surface area contributed by atoms with Gasteiger partial charge in [-0.1, -0.05) is 12.1 Å². The molecule has 0 bridgehead atoms. The highest BCUT2D eigenvalue weighted by Gasteiger charge is 2.17. The van der Waals surface area contributed by atoms with Crippen LogP contribution in [-0.2, 0) is 27.3 Å². The Morgan fingerprint density at radius 2 is 1.10 bits per heavy atom. The Hall–Kier alpha value is -4.08. The third kappa shape index (κ3) is 12.8. The fourth-order valence-corrected chi connectivity index (χ4v) is 3.13. The summed E-state index contributed by atoms with van der Waals surface area (Å²) in [5, 5.41) is 14.2. The van der Waals surface area contributed by atoms with E-state index in [-0.39, 0.29) is 11.5 Å². The van der Waals surface area contributed by atoms with Crippen molar-refractivity contribution in [1.29, 1.82) is 0 Å². The fourth-order valence-electron chi connectivity index (χ4n) is 3.13. The summed E-state index contributed by atoms with van der Waals surface area (Å²) in [4.78, 5) is 45.2. The van der Waals surface area contributed by atoms with Crippen molar-refractivity contribution in [2.75, 3.05) is 7.11 Å². The van der Waals surface area contributed by atoms with E-state index in [0.29, 0.717) is 18.7 Å². The van der Waals surface area contributed by atoms with Crippen molar-refractivity contribution in [3.63, 3.8) is 0 Å². The summed E-state index contributed by atoms with van der Waals surface area (Å²) in [6.07, 6.45) is -0.955. The van der Waals surface area contributed by atoms with Crippen molar-refractivity contribution in [3.05, 3.63) is 69.8 Å². The second kappa shape index (κ2) is 14.2. The molecule has 0 aliphatic carbocycles. The Labute approximate surface area is 230 Å². The number of hydrogen-bond donors (Lipinski definition) is 3. The zero-order valence-corrected chi connectivity index (χ0v) is 24.2. The summed E-state index contributed by atoms with van der Waals surface area (Å²) in [6, 6.07) is 9.98. The van der Waals surface area contributed by atoms with Gasteiger partial charge in [0, 0.05) is 13.1 Å². The van der Waals surface area contributed by atoms with Crippen LogP contribution in [0.25, 0.3) is 0 Å². The second-order valence-corrected chi connectivity index (χ2v) is 10.8. The number of rotatable bonds is 6. The summed E-state index contributed by atoms with van der Waals surface area (Å²) in [5.41, 5.74) is 3.17. The van der Waals surface area contributed by atoms with Crippen molar-refractivity contribution < 1.29 is 38.5 Å². The lowest BCUT2D eigenvalue weighted by molar-refractivity contribution is 0.0512. The number of carbonyl (C=O) groups is 4. The van der Waals surface area contributed by atoms with Crippen LogP contribution in [0.2, 0.25) is 0 Å². The molecule has 0 heterocycles. The van der Waals surface area contributed by atoms with Gasteiger partial charge >= 0.3 is 24.1 Å². The zero-order chi connectivity index (χ0) is 30.0. The average Bonchev–Trinajstić information content (AvgIpc) is 2.80. The van der Waals surface area contributed by atoms with E-state index in [2.05, 4.69) is 15.4 Å². The van der Waals surface area contributed by atoms with Crippen LogP contribution in [0, 0.1) is 13.8 Å². The molecule has 0 fully saturated rings. The van der Waals surface area contributed by atoms with Crippen LogP contribution in [0.15, 0.2) is 36.4 Å². The molecule has 0 aliphatic rings. The van der Waals surface area contributed by atoms with Crippen LogP contribution in [0.4, 0.5) is 9.59 Å². The Bertz CT molecular complexity index is 1180. The molecule has 0 saturated carbocycles. The van der Waals surface area contributed by atoms with Gasteiger partial charge in [0.2, 0.25) is 0 Å². The molecule has 0 spiro atoms. The number of carboxylic acids is 1. The molecule has 2 rings (SSSR count). The number of hydrogen-bond acceptors (Lipinski definition) is 7. The van der Waals surface area contributed by atoms with Crippen LogP contribution in [0.5, 0.6) is 0 Å². The quantitative estimate of drug-likeness (QED) is 0.319. The van der Waals surface area contributed by atoms with Crippen LogP contribution < -0.4 is 10.6 Å². The van der Waals surface area contributed by atoms with E-state index in [4.69, 9.17) is 14.6 Å². The predicted molar refractivity (Wildman–Crippen MR) is 147 cm³/mol. The Kier molecular flexibility index (Phi) is 12.0. The molecule has 214 valence electrons. The topological polar surface area (TPSA) is 140 Å². The number of ether oxygens (including phenoxy) is 3. The molecule has 0 atom stereocenters. The summed E-state index contributed by atoms with van der Waals surface area (Å²) in [7, 11) is 1.34. The van der Waals surface area contributed by atoms with Crippen molar-refractivity contribution in [1.82, 2.24) is 10.6 Å². The van der Waals surface area contributed by atoms with Gasteiger partial charge in [-0.05, 0) is 102 Å².